The van der Waals surface area contributed by atoms with Gasteiger partial charge >= 0.3 is 0 Å². The lowest BCUT2D eigenvalue weighted by Gasteiger charge is -2.32. The van der Waals surface area contributed by atoms with Crippen LogP contribution >= 0.6 is 15.9 Å². The normalized spacial score (nSPS) is 23.5. The predicted octanol–water partition coefficient (Wildman–Crippen LogP) is 4.69. The standard InChI is InChI=1S/C16H23BrFN/c1-2-9-19-16-6-4-3-5-13(16)10-12-7-8-14(17)11-15(12)18/h7-8,11,13,16,19H,2-6,9-10H2,1H3. The molecule has 3 heteroatoms. The molecule has 1 nitrogen and oxygen atoms in total. The Hall–Kier alpha value is -0.410. The highest BCUT2D eigenvalue weighted by Gasteiger charge is 2.25. The molecule has 0 radical (unpaired) electrons. The van der Waals surface area contributed by atoms with Gasteiger partial charge in [0.1, 0.15) is 5.82 Å². The number of nitrogens with one attached hydrogen (secondary N) is 1. The largest absolute Gasteiger partial charge is 0.314 e. The van der Waals surface area contributed by atoms with E-state index >= 15 is 0 Å². The Balaban J connectivity index is 2.02. The van der Waals surface area contributed by atoms with Crippen LogP contribution in [0.5, 0.6) is 0 Å². The van der Waals surface area contributed by atoms with Gasteiger partial charge in [0.2, 0.25) is 0 Å². The number of halogens is 2. The van der Waals surface area contributed by atoms with Crippen molar-refractivity contribution in [2.45, 2.75) is 51.5 Å². The highest BCUT2D eigenvalue weighted by molar-refractivity contribution is 9.10. The number of benzene rings is 1. The van der Waals surface area contributed by atoms with E-state index in [1.165, 1.54) is 25.7 Å². The van der Waals surface area contributed by atoms with Gasteiger partial charge in [-0.05, 0) is 55.8 Å². The van der Waals surface area contributed by atoms with Crippen LogP contribution in [0.15, 0.2) is 22.7 Å². The fourth-order valence-corrected chi connectivity index (χ4v) is 3.35. The van der Waals surface area contributed by atoms with Gasteiger partial charge in [0.15, 0.2) is 0 Å². The van der Waals surface area contributed by atoms with Gasteiger partial charge in [0, 0.05) is 10.5 Å². The summed E-state index contributed by atoms with van der Waals surface area (Å²) in [6.45, 7) is 3.27. The molecule has 1 fully saturated rings. The molecule has 2 atom stereocenters. The average Bonchev–Trinajstić information content (AvgIpc) is 2.41. The summed E-state index contributed by atoms with van der Waals surface area (Å²) in [6, 6.07) is 6.00. The smallest absolute Gasteiger partial charge is 0.127 e. The molecule has 19 heavy (non-hydrogen) atoms. The van der Waals surface area contributed by atoms with E-state index in [2.05, 4.69) is 28.2 Å². The quantitative estimate of drug-likeness (QED) is 0.827. The summed E-state index contributed by atoms with van der Waals surface area (Å²) in [5.74, 6) is 0.505. The minimum absolute atomic E-state index is 0.0748. The molecule has 0 spiro atoms. The molecule has 1 N–H and O–H groups in total. The zero-order chi connectivity index (χ0) is 13.7. The average molecular weight is 328 g/mol. The summed E-state index contributed by atoms with van der Waals surface area (Å²) in [7, 11) is 0. The van der Waals surface area contributed by atoms with E-state index in [1.54, 1.807) is 6.07 Å². The number of hydrogen-bond acceptors (Lipinski definition) is 1. The van der Waals surface area contributed by atoms with E-state index in [1.807, 2.05) is 12.1 Å². The van der Waals surface area contributed by atoms with Crippen LogP contribution < -0.4 is 5.32 Å². The Morgan fingerprint density at radius 2 is 2.11 bits per heavy atom. The van der Waals surface area contributed by atoms with E-state index in [-0.39, 0.29) is 5.82 Å². The predicted molar refractivity (Wildman–Crippen MR) is 81.8 cm³/mol. The molecule has 2 rings (SSSR count). The van der Waals surface area contributed by atoms with E-state index in [9.17, 15) is 4.39 Å². The van der Waals surface area contributed by atoms with Gasteiger partial charge in [-0.25, -0.2) is 4.39 Å². The summed E-state index contributed by atoms with van der Waals surface area (Å²) >= 11 is 3.32. The summed E-state index contributed by atoms with van der Waals surface area (Å²) in [4.78, 5) is 0. The molecule has 2 unspecified atom stereocenters. The van der Waals surface area contributed by atoms with Gasteiger partial charge in [-0.15, -0.1) is 0 Å². The highest BCUT2D eigenvalue weighted by atomic mass is 79.9. The Morgan fingerprint density at radius 1 is 1.32 bits per heavy atom. The third kappa shape index (κ3) is 4.28. The van der Waals surface area contributed by atoms with Crippen LogP contribution in [0.2, 0.25) is 0 Å². The van der Waals surface area contributed by atoms with Crippen LogP contribution in [-0.2, 0) is 6.42 Å². The fraction of sp³-hybridized carbons (Fsp3) is 0.625. The van der Waals surface area contributed by atoms with Crippen molar-refractivity contribution < 1.29 is 4.39 Å². The first-order valence-electron chi connectivity index (χ1n) is 7.38. The first-order valence-corrected chi connectivity index (χ1v) is 8.17. The van der Waals surface area contributed by atoms with Gasteiger partial charge in [0.05, 0.1) is 0 Å². The molecular weight excluding hydrogens is 305 g/mol. The van der Waals surface area contributed by atoms with Gasteiger partial charge < -0.3 is 5.32 Å². The maximum Gasteiger partial charge on any atom is 0.127 e. The fourth-order valence-electron chi connectivity index (χ4n) is 3.02. The SMILES string of the molecule is CCCNC1CCCCC1Cc1ccc(Br)cc1F. The Kier molecular flexibility index (Phi) is 5.83. The second-order valence-electron chi connectivity index (χ2n) is 5.55. The van der Waals surface area contributed by atoms with Crippen LogP contribution in [0.3, 0.4) is 0 Å². The summed E-state index contributed by atoms with van der Waals surface area (Å²) in [6.07, 6.45) is 7.07. The number of hydrogen-bond donors (Lipinski definition) is 1. The molecule has 0 heterocycles. The summed E-state index contributed by atoms with van der Waals surface area (Å²) in [5, 5.41) is 3.64. The Bertz CT molecular complexity index is 408. The van der Waals surface area contributed by atoms with Crippen LogP contribution in [0.25, 0.3) is 0 Å². The van der Waals surface area contributed by atoms with Crippen molar-refractivity contribution >= 4 is 15.9 Å². The summed E-state index contributed by atoms with van der Waals surface area (Å²) < 4.78 is 14.8. The highest BCUT2D eigenvalue weighted by Crippen LogP contribution is 2.29. The lowest BCUT2D eigenvalue weighted by molar-refractivity contribution is 0.259. The topological polar surface area (TPSA) is 12.0 Å². The summed E-state index contributed by atoms with van der Waals surface area (Å²) in [5.41, 5.74) is 0.860. The molecule has 1 aliphatic carbocycles. The van der Waals surface area contributed by atoms with Gasteiger partial charge in [-0.2, -0.15) is 0 Å². The van der Waals surface area contributed by atoms with Crippen molar-refractivity contribution in [3.63, 3.8) is 0 Å². The van der Waals surface area contributed by atoms with Crippen molar-refractivity contribution in [2.75, 3.05) is 6.54 Å². The van der Waals surface area contributed by atoms with E-state index in [4.69, 9.17) is 0 Å². The number of rotatable bonds is 5. The van der Waals surface area contributed by atoms with E-state index < -0.39 is 0 Å². The molecule has 1 aromatic rings. The second-order valence-corrected chi connectivity index (χ2v) is 6.46. The van der Waals surface area contributed by atoms with Gasteiger partial charge in [0.25, 0.3) is 0 Å². The molecule has 106 valence electrons. The molecule has 0 aromatic heterocycles. The Morgan fingerprint density at radius 3 is 2.84 bits per heavy atom. The van der Waals surface area contributed by atoms with Gasteiger partial charge in [-0.1, -0.05) is 41.8 Å². The van der Waals surface area contributed by atoms with Gasteiger partial charge in [-0.3, -0.25) is 0 Å². The van der Waals surface area contributed by atoms with Crippen molar-refractivity contribution in [2.24, 2.45) is 5.92 Å². The zero-order valence-electron chi connectivity index (χ0n) is 11.6. The first kappa shape index (κ1) is 15.0. The lowest BCUT2D eigenvalue weighted by Crippen LogP contribution is -2.40. The van der Waals surface area contributed by atoms with Crippen LogP contribution in [0, 0.1) is 11.7 Å². The third-order valence-electron chi connectivity index (χ3n) is 4.06. The second kappa shape index (κ2) is 7.39. The lowest BCUT2D eigenvalue weighted by atomic mass is 9.80. The maximum absolute atomic E-state index is 13.9. The molecule has 0 aliphatic heterocycles. The molecule has 1 aromatic carbocycles. The van der Waals surface area contributed by atoms with Crippen molar-refractivity contribution in [3.05, 3.63) is 34.1 Å². The van der Waals surface area contributed by atoms with Crippen LogP contribution in [0.1, 0.15) is 44.6 Å². The third-order valence-corrected chi connectivity index (χ3v) is 4.56. The van der Waals surface area contributed by atoms with Crippen molar-refractivity contribution in [1.29, 1.82) is 0 Å². The first-order chi connectivity index (χ1) is 9.20. The molecular formula is C16H23BrFN. The van der Waals surface area contributed by atoms with Crippen molar-refractivity contribution in [1.82, 2.24) is 5.32 Å². The molecule has 0 amide bonds. The molecule has 1 saturated carbocycles. The van der Waals surface area contributed by atoms with Crippen LogP contribution in [-0.4, -0.2) is 12.6 Å². The molecule has 1 aliphatic rings. The minimum Gasteiger partial charge on any atom is -0.314 e. The minimum atomic E-state index is -0.0748. The van der Waals surface area contributed by atoms with E-state index in [0.717, 1.165) is 29.4 Å². The molecule has 0 saturated heterocycles. The monoisotopic (exact) mass is 327 g/mol. The maximum atomic E-state index is 13.9. The zero-order valence-corrected chi connectivity index (χ0v) is 13.2. The van der Waals surface area contributed by atoms with E-state index in [0.29, 0.717) is 12.0 Å². The molecule has 0 bridgehead atoms. The van der Waals surface area contributed by atoms with Crippen molar-refractivity contribution in [3.8, 4) is 0 Å². The van der Waals surface area contributed by atoms with Crippen LogP contribution in [0.4, 0.5) is 4.39 Å². The Labute approximate surface area is 124 Å².